The first-order valence-corrected chi connectivity index (χ1v) is 5.46. The maximum Gasteiger partial charge on any atom is 0.223 e. The number of amides is 1. The van der Waals surface area contributed by atoms with Crippen molar-refractivity contribution in [3.05, 3.63) is 35.1 Å². The van der Waals surface area contributed by atoms with Gasteiger partial charge in [-0.2, -0.15) is 0 Å². The molecule has 0 spiro atoms. The first-order valence-electron chi connectivity index (χ1n) is 5.46. The Morgan fingerprint density at radius 1 is 1.50 bits per heavy atom. The van der Waals surface area contributed by atoms with E-state index in [9.17, 15) is 9.18 Å². The molecule has 16 heavy (non-hydrogen) atoms. The van der Waals surface area contributed by atoms with Crippen molar-refractivity contribution in [2.75, 3.05) is 0 Å². The molecule has 0 heterocycles. The Bertz CT molecular complexity index is 402. The van der Waals surface area contributed by atoms with Crippen LogP contribution in [0.3, 0.4) is 0 Å². The third-order valence-corrected chi connectivity index (χ3v) is 2.75. The lowest BCUT2D eigenvalue weighted by Gasteiger charge is -2.06. The number of hydrogen-bond acceptors (Lipinski definition) is 2. The van der Waals surface area contributed by atoms with Gasteiger partial charge < -0.3 is 11.1 Å². The van der Waals surface area contributed by atoms with Crippen LogP contribution in [-0.2, 0) is 17.9 Å². The fourth-order valence-electron chi connectivity index (χ4n) is 1.53. The van der Waals surface area contributed by atoms with Crippen LogP contribution in [0.4, 0.5) is 4.39 Å². The van der Waals surface area contributed by atoms with Crippen LogP contribution >= 0.6 is 0 Å². The molecule has 3 nitrogen and oxygen atoms in total. The first kappa shape index (κ1) is 11.1. The van der Waals surface area contributed by atoms with Crippen LogP contribution in [0.5, 0.6) is 0 Å². The summed E-state index contributed by atoms with van der Waals surface area (Å²) in [5.74, 6) is -0.118. The Morgan fingerprint density at radius 2 is 2.25 bits per heavy atom. The topological polar surface area (TPSA) is 55.1 Å². The Hall–Kier alpha value is -1.42. The van der Waals surface area contributed by atoms with Gasteiger partial charge in [0.05, 0.1) is 0 Å². The number of nitrogens with one attached hydrogen (secondary N) is 1. The summed E-state index contributed by atoms with van der Waals surface area (Å²) in [5.41, 5.74) is 6.67. The molecule has 1 saturated carbocycles. The van der Waals surface area contributed by atoms with Crippen molar-refractivity contribution in [3.8, 4) is 0 Å². The second-order valence-electron chi connectivity index (χ2n) is 4.12. The van der Waals surface area contributed by atoms with Gasteiger partial charge in [-0.05, 0) is 24.5 Å². The summed E-state index contributed by atoms with van der Waals surface area (Å²) in [6.45, 7) is 0.581. The average molecular weight is 222 g/mol. The van der Waals surface area contributed by atoms with Crippen molar-refractivity contribution in [3.63, 3.8) is 0 Å². The Balaban J connectivity index is 1.95. The number of carbonyl (C=O) groups excluding carboxylic acids is 1. The zero-order valence-electron chi connectivity index (χ0n) is 9.00. The molecule has 1 fully saturated rings. The third kappa shape index (κ3) is 2.58. The molecule has 0 radical (unpaired) electrons. The maximum absolute atomic E-state index is 13.5. The van der Waals surface area contributed by atoms with E-state index in [1.807, 2.05) is 0 Å². The Labute approximate surface area is 93.8 Å². The lowest BCUT2D eigenvalue weighted by Crippen LogP contribution is -2.24. The van der Waals surface area contributed by atoms with E-state index in [0.29, 0.717) is 12.1 Å². The summed E-state index contributed by atoms with van der Waals surface area (Å²) < 4.78 is 13.5. The first-order chi connectivity index (χ1) is 7.70. The fraction of sp³-hybridized carbons (Fsp3) is 0.417. The van der Waals surface area contributed by atoms with E-state index in [4.69, 9.17) is 5.73 Å². The molecule has 0 saturated heterocycles. The summed E-state index contributed by atoms with van der Waals surface area (Å²) in [7, 11) is 0. The molecule has 2 rings (SSSR count). The van der Waals surface area contributed by atoms with Gasteiger partial charge in [-0.25, -0.2) is 4.39 Å². The van der Waals surface area contributed by atoms with E-state index < -0.39 is 0 Å². The predicted octanol–water partition coefficient (Wildman–Crippen LogP) is 1.31. The Morgan fingerprint density at radius 3 is 2.81 bits per heavy atom. The maximum atomic E-state index is 13.5. The number of halogens is 1. The van der Waals surface area contributed by atoms with E-state index in [2.05, 4.69) is 5.32 Å². The molecule has 86 valence electrons. The third-order valence-electron chi connectivity index (χ3n) is 2.75. The highest BCUT2D eigenvalue weighted by atomic mass is 19.1. The minimum atomic E-state index is -0.306. The van der Waals surface area contributed by atoms with E-state index >= 15 is 0 Å². The molecule has 1 aliphatic carbocycles. The highest BCUT2D eigenvalue weighted by Crippen LogP contribution is 2.28. The van der Waals surface area contributed by atoms with Crippen molar-refractivity contribution < 1.29 is 9.18 Å². The standard InChI is InChI=1S/C12H15FN2O/c13-11-5-8(6-14)1-2-10(11)7-15-12(16)9-3-4-9/h1-2,5,9H,3-4,6-7,14H2,(H,15,16). The van der Waals surface area contributed by atoms with Crippen LogP contribution in [0.2, 0.25) is 0 Å². The average Bonchev–Trinajstić information content (AvgIpc) is 3.10. The molecule has 0 aliphatic heterocycles. The molecule has 0 atom stereocenters. The molecular formula is C12H15FN2O. The second-order valence-corrected chi connectivity index (χ2v) is 4.12. The Kier molecular flexibility index (Phi) is 3.19. The van der Waals surface area contributed by atoms with Gasteiger partial charge in [0.1, 0.15) is 5.82 Å². The van der Waals surface area contributed by atoms with Crippen LogP contribution in [0.25, 0.3) is 0 Å². The molecular weight excluding hydrogens is 207 g/mol. The van der Waals surface area contributed by atoms with Gasteiger partial charge in [-0.1, -0.05) is 12.1 Å². The summed E-state index contributed by atoms with van der Waals surface area (Å²) in [6, 6.07) is 4.87. The van der Waals surface area contributed by atoms with E-state index in [1.165, 1.54) is 6.07 Å². The highest BCUT2D eigenvalue weighted by Gasteiger charge is 2.29. The summed E-state index contributed by atoms with van der Waals surface area (Å²) >= 11 is 0. The van der Waals surface area contributed by atoms with Crippen molar-refractivity contribution >= 4 is 5.91 Å². The number of benzene rings is 1. The smallest absolute Gasteiger partial charge is 0.223 e. The number of carbonyl (C=O) groups is 1. The summed E-state index contributed by atoms with van der Waals surface area (Å²) in [4.78, 5) is 11.4. The minimum absolute atomic E-state index is 0.0299. The normalized spacial score (nSPS) is 14.9. The fourth-order valence-corrected chi connectivity index (χ4v) is 1.53. The van der Waals surface area contributed by atoms with E-state index in [-0.39, 0.29) is 24.2 Å². The van der Waals surface area contributed by atoms with Gasteiger partial charge in [0.25, 0.3) is 0 Å². The zero-order chi connectivity index (χ0) is 11.5. The molecule has 1 aromatic rings. The van der Waals surface area contributed by atoms with Gasteiger partial charge in [0, 0.05) is 24.6 Å². The SMILES string of the molecule is NCc1ccc(CNC(=O)C2CC2)c(F)c1. The second kappa shape index (κ2) is 4.61. The number of nitrogens with two attached hydrogens (primary N) is 1. The molecule has 1 aliphatic rings. The van der Waals surface area contributed by atoms with Crippen LogP contribution < -0.4 is 11.1 Å². The van der Waals surface area contributed by atoms with Gasteiger partial charge in [0.15, 0.2) is 0 Å². The van der Waals surface area contributed by atoms with Crippen molar-refractivity contribution in [2.45, 2.75) is 25.9 Å². The predicted molar refractivity (Wildman–Crippen MR) is 58.9 cm³/mol. The van der Waals surface area contributed by atoms with Crippen molar-refractivity contribution in [2.24, 2.45) is 11.7 Å². The monoisotopic (exact) mass is 222 g/mol. The largest absolute Gasteiger partial charge is 0.352 e. The van der Waals surface area contributed by atoms with E-state index in [0.717, 1.165) is 18.4 Å². The number of hydrogen-bond donors (Lipinski definition) is 2. The lowest BCUT2D eigenvalue weighted by molar-refractivity contribution is -0.122. The summed E-state index contributed by atoms with van der Waals surface area (Å²) in [6.07, 6.45) is 1.92. The lowest BCUT2D eigenvalue weighted by atomic mass is 10.1. The molecule has 1 aromatic carbocycles. The van der Waals surface area contributed by atoms with Gasteiger partial charge >= 0.3 is 0 Å². The van der Waals surface area contributed by atoms with Crippen LogP contribution in [0.1, 0.15) is 24.0 Å². The molecule has 4 heteroatoms. The minimum Gasteiger partial charge on any atom is -0.352 e. The van der Waals surface area contributed by atoms with Gasteiger partial charge in [0.2, 0.25) is 5.91 Å². The van der Waals surface area contributed by atoms with E-state index in [1.54, 1.807) is 12.1 Å². The summed E-state index contributed by atoms with van der Waals surface area (Å²) in [5, 5.41) is 2.73. The number of rotatable bonds is 4. The quantitative estimate of drug-likeness (QED) is 0.807. The van der Waals surface area contributed by atoms with Gasteiger partial charge in [-0.15, -0.1) is 0 Å². The van der Waals surface area contributed by atoms with Crippen LogP contribution in [0, 0.1) is 11.7 Å². The molecule has 1 amide bonds. The molecule has 0 aromatic heterocycles. The van der Waals surface area contributed by atoms with Crippen molar-refractivity contribution in [1.29, 1.82) is 0 Å². The van der Waals surface area contributed by atoms with Crippen molar-refractivity contribution in [1.82, 2.24) is 5.32 Å². The highest BCUT2D eigenvalue weighted by molar-refractivity contribution is 5.80. The van der Waals surface area contributed by atoms with Gasteiger partial charge in [-0.3, -0.25) is 4.79 Å². The molecule has 3 N–H and O–H groups in total. The van der Waals surface area contributed by atoms with Crippen LogP contribution in [0.15, 0.2) is 18.2 Å². The zero-order valence-corrected chi connectivity index (χ0v) is 9.00. The molecule has 0 unspecified atom stereocenters. The molecule has 0 bridgehead atoms. The van der Waals surface area contributed by atoms with Crippen LogP contribution in [-0.4, -0.2) is 5.91 Å².